The fourth-order valence-corrected chi connectivity index (χ4v) is 3.99. The third-order valence-corrected chi connectivity index (χ3v) is 5.82. The first kappa shape index (κ1) is 19.0. The smallest absolute Gasteiger partial charge is 0.344 e. The van der Waals surface area contributed by atoms with Crippen molar-refractivity contribution >= 4 is 40.1 Å². The summed E-state index contributed by atoms with van der Waals surface area (Å²) in [6.45, 7) is 0. The minimum atomic E-state index is -0.547. The van der Waals surface area contributed by atoms with Gasteiger partial charge in [0, 0.05) is 10.9 Å². The van der Waals surface area contributed by atoms with Crippen LogP contribution in [-0.4, -0.2) is 12.1 Å². The van der Waals surface area contributed by atoms with Crippen molar-refractivity contribution in [3.8, 4) is 11.1 Å². The third-order valence-electron chi connectivity index (χ3n) is 5.02. The fraction of sp³-hybridized carbons (Fsp3) is 0.273. The van der Waals surface area contributed by atoms with Crippen molar-refractivity contribution in [1.82, 2.24) is 0 Å². The molecule has 1 aliphatic rings. The molecule has 0 spiro atoms. The van der Waals surface area contributed by atoms with E-state index in [2.05, 4.69) is 0 Å². The van der Waals surface area contributed by atoms with E-state index in [-0.39, 0.29) is 27.3 Å². The van der Waals surface area contributed by atoms with Gasteiger partial charge >= 0.3 is 11.6 Å². The van der Waals surface area contributed by atoms with Gasteiger partial charge in [0.15, 0.2) is 0 Å². The molecule has 1 heterocycles. The second-order valence-corrected chi connectivity index (χ2v) is 7.76. The van der Waals surface area contributed by atoms with E-state index < -0.39 is 11.6 Å². The Morgan fingerprint density at radius 1 is 1.00 bits per heavy atom. The van der Waals surface area contributed by atoms with E-state index in [1.54, 1.807) is 24.3 Å². The normalized spacial score (nSPS) is 14.9. The Bertz CT molecular complexity index is 1100. The highest BCUT2D eigenvalue weighted by molar-refractivity contribution is 6.44. The topological polar surface area (TPSA) is 56.5 Å². The maximum Gasteiger partial charge on any atom is 0.344 e. The lowest BCUT2D eigenvalue weighted by atomic mass is 9.97. The number of benzene rings is 2. The summed E-state index contributed by atoms with van der Waals surface area (Å²) in [7, 11) is 0. The molecule has 0 N–H and O–H groups in total. The van der Waals surface area contributed by atoms with Crippen molar-refractivity contribution in [2.45, 2.75) is 38.2 Å². The zero-order valence-corrected chi connectivity index (χ0v) is 16.6. The minimum Gasteiger partial charge on any atom is -0.459 e. The van der Waals surface area contributed by atoms with Gasteiger partial charge in [0.25, 0.3) is 0 Å². The van der Waals surface area contributed by atoms with Crippen LogP contribution in [0, 0.1) is 0 Å². The van der Waals surface area contributed by atoms with Gasteiger partial charge in [0.1, 0.15) is 11.7 Å². The second kappa shape index (κ2) is 7.98. The first-order chi connectivity index (χ1) is 13.5. The number of ether oxygens (including phenoxy) is 1. The third kappa shape index (κ3) is 3.80. The van der Waals surface area contributed by atoms with Crippen molar-refractivity contribution in [3.05, 3.63) is 68.5 Å². The molecule has 0 amide bonds. The molecule has 4 rings (SSSR count). The van der Waals surface area contributed by atoms with Crippen LogP contribution in [0.2, 0.25) is 10.0 Å². The van der Waals surface area contributed by atoms with Gasteiger partial charge in [0.05, 0.1) is 21.2 Å². The molecule has 28 heavy (non-hydrogen) atoms. The summed E-state index contributed by atoms with van der Waals surface area (Å²) in [5.74, 6) is -0.461. The van der Waals surface area contributed by atoms with Crippen LogP contribution in [0.5, 0.6) is 0 Å². The van der Waals surface area contributed by atoms with Crippen molar-refractivity contribution < 1.29 is 13.9 Å². The molecule has 6 heteroatoms. The fourth-order valence-electron chi connectivity index (χ4n) is 3.56. The zero-order valence-electron chi connectivity index (χ0n) is 15.0. The standard InChI is InChI=1S/C22H18Cl2O4/c23-18-12-14(21(25)27-15-7-2-1-3-8-15)11-16(20(18)24)17-10-13-6-4-5-9-19(13)28-22(17)26/h4-6,9-12,15H,1-3,7-8H2. The van der Waals surface area contributed by atoms with E-state index in [4.69, 9.17) is 32.4 Å². The van der Waals surface area contributed by atoms with Crippen molar-refractivity contribution in [2.24, 2.45) is 0 Å². The van der Waals surface area contributed by atoms with Gasteiger partial charge in [-0.25, -0.2) is 9.59 Å². The number of fused-ring (bicyclic) bond motifs is 1. The number of para-hydroxylation sites is 1. The van der Waals surface area contributed by atoms with Gasteiger partial charge < -0.3 is 9.15 Å². The lowest BCUT2D eigenvalue weighted by Gasteiger charge is -2.22. The number of hydrogen-bond acceptors (Lipinski definition) is 4. The molecule has 0 atom stereocenters. The molecule has 3 aromatic rings. The van der Waals surface area contributed by atoms with Gasteiger partial charge in [0.2, 0.25) is 0 Å². The molecule has 2 aromatic carbocycles. The predicted octanol–water partition coefficient (Wildman–Crippen LogP) is 6.26. The van der Waals surface area contributed by atoms with E-state index in [9.17, 15) is 9.59 Å². The number of carbonyl (C=O) groups is 1. The number of rotatable bonds is 3. The molecular formula is C22H18Cl2O4. The first-order valence-electron chi connectivity index (χ1n) is 9.26. The Labute approximate surface area is 172 Å². The zero-order chi connectivity index (χ0) is 19.7. The molecule has 0 unspecified atom stereocenters. The number of esters is 1. The highest BCUT2D eigenvalue weighted by Gasteiger charge is 2.22. The average Bonchev–Trinajstić information content (AvgIpc) is 2.70. The molecule has 0 bridgehead atoms. The van der Waals surface area contributed by atoms with Gasteiger partial charge in [-0.1, -0.05) is 47.8 Å². The monoisotopic (exact) mass is 416 g/mol. The molecule has 0 aliphatic heterocycles. The summed E-state index contributed by atoms with van der Waals surface area (Å²) < 4.78 is 11.0. The Morgan fingerprint density at radius 3 is 2.54 bits per heavy atom. The van der Waals surface area contributed by atoms with Crippen LogP contribution >= 0.6 is 23.2 Å². The lowest BCUT2D eigenvalue weighted by molar-refractivity contribution is 0.0211. The Kier molecular flexibility index (Phi) is 5.42. The maximum absolute atomic E-state index is 12.6. The van der Waals surface area contributed by atoms with E-state index in [0.29, 0.717) is 11.1 Å². The molecule has 4 nitrogen and oxygen atoms in total. The molecule has 0 radical (unpaired) electrons. The van der Waals surface area contributed by atoms with Crippen molar-refractivity contribution in [1.29, 1.82) is 0 Å². The van der Waals surface area contributed by atoms with Crippen molar-refractivity contribution in [3.63, 3.8) is 0 Å². The molecule has 1 aliphatic carbocycles. The number of hydrogen-bond donors (Lipinski definition) is 0. The van der Waals surface area contributed by atoms with Crippen LogP contribution in [0.15, 0.2) is 51.7 Å². The predicted molar refractivity (Wildman–Crippen MR) is 110 cm³/mol. The molecule has 144 valence electrons. The van der Waals surface area contributed by atoms with Crippen LogP contribution in [0.3, 0.4) is 0 Å². The quantitative estimate of drug-likeness (QED) is 0.373. The Hall–Kier alpha value is -2.30. The second-order valence-electron chi connectivity index (χ2n) is 6.97. The van der Waals surface area contributed by atoms with Gasteiger partial charge in [-0.05, 0) is 49.9 Å². The van der Waals surface area contributed by atoms with Crippen LogP contribution in [0.4, 0.5) is 0 Å². The van der Waals surface area contributed by atoms with E-state index in [1.165, 1.54) is 12.5 Å². The van der Waals surface area contributed by atoms with Crippen molar-refractivity contribution in [2.75, 3.05) is 0 Å². The van der Waals surface area contributed by atoms with E-state index in [0.717, 1.165) is 31.1 Å². The molecular weight excluding hydrogens is 399 g/mol. The Morgan fingerprint density at radius 2 is 1.75 bits per heavy atom. The Balaban J connectivity index is 1.74. The van der Waals surface area contributed by atoms with E-state index >= 15 is 0 Å². The summed E-state index contributed by atoms with van der Waals surface area (Å²) in [4.78, 5) is 25.1. The molecule has 0 saturated heterocycles. The number of carbonyl (C=O) groups excluding carboxylic acids is 1. The van der Waals surface area contributed by atoms with Crippen LogP contribution in [0.25, 0.3) is 22.1 Å². The minimum absolute atomic E-state index is 0.0788. The summed E-state index contributed by atoms with van der Waals surface area (Å²) in [5, 5.41) is 1.13. The van der Waals surface area contributed by atoms with Crippen LogP contribution in [-0.2, 0) is 4.74 Å². The van der Waals surface area contributed by atoms with Crippen LogP contribution in [0.1, 0.15) is 42.5 Å². The summed E-state index contributed by atoms with van der Waals surface area (Å²) in [6, 6.07) is 11.9. The molecule has 1 aromatic heterocycles. The largest absolute Gasteiger partial charge is 0.459 e. The SMILES string of the molecule is O=C(OC1CCCCC1)c1cc(Cl)c(Cl)c(-c2cc3ccccc3oc2=O)c1. The molecule has 1 fully saturated rings. The number of halogens is 2. The highest BCUT2D eigenvalue weighted by Crippen LogP contribution is 2.35. The van der Waals surface area contributed by atoms with Crippen LogP contribution < -0.4 is 5.63 Å². The maximum atomic E-state index is 12.6. The first-order valence-corrected chi connectivity index (χ1v) is 10.0. The molecule has 1 saturated carbocycles. The van der Waals surface area contributed by atoms with Gasteiger partial charge in [-0.15, -0.1) is 0 Å². The van der Waals surface area contributed by atoms with Gasteiger partial charge in [-0.2, -0.15) is 0 Å². The average molecular weight is 417 g/mol. The summed E-state index contributed by atoms with van der Waals surface area (Å²) >= 11 is 12.6. The lowest BCUT2D eigenvalue weighted by Crippen LogP contribution is -2.21. The highest BCUT2D eigenvalue weighted by atomic mass is 35.5. The van der Waals surface area contributed by atoms with Gasteiger partial charge in [-0.3, -0.25) is 0 Å². The van der Waals surface area contributed by atoms with E-state index in [1.807, 2.05) is 12.1 Å². The summed E-state index contributed by atoms with van der Waals surface area (Å²) in [5.41, 5.74) is 0.797. The summed E-state index contributed by atoms with van der Waals surface area (Å²) in [6.07, 6.45) is 4.95.